The van der Waals surface area contributed by atoms with Crippen molar-refractivity contribution in [2.75, 3.05) is 24.5 Å². The molecule has 1 aromatic heterocycles. The van der Waals surface area contributed by atoms with Gasteiger partial charge in [0.1, 0.15) is 5.92 Å². The van der Waals surface area contributed by atoms with Crippen molar-refractivity contribution < 1.29 is 9.59 Å². The minimum atomic E-state index is -0.536. The highest BCUT2D eigenvalue weighted by molar-refractivity contribution is 6.09. The molecule has 2 amide bonds. The van der Waals surface area contributed by atoms with Gasteiger partial charge >= 0.3 is 0 Å². The Morgan fingerprint density at radius 3 is 2.52 bits per heavy atom. The first kappa shape index (κ1) is 19.9. The number of rotatable bonds is 3. The lowest BCUT2D eigenvalue weighted by molar-refractivity contribution is -0.140. The molecule has 0 saturated carbocycles. The van der Waals surface area contributed by atoms with Crippen LogP contribution in [0.25, 0.3) is 10.9 Å². The zero-order chi connectivity index (χ0) is 21.5. The minimum Gasteiger partial charge on any atom is -0.361 e. The smallest absolute Gasteiger partial charge is 0.239 e. The van der Waals surface area contributed by atoms with Crippen molar-refractivity contribution in [1.82, 2.24) is 9.88 Å². The molecule has 3 aromatic rings. The van der Waals surface area contributed by atoms with E-state index in [0.717, 1.165) is 31.6 Å². The van der Waals surface area contributed by atoms with Gasteiger partial charge in [0.15, 0.2) is 0 Å². The molecule has 31 heavy (non-hydrogen) atoms. The molecule has 5 rings (SSSR count). The summed E-state index contributed by atoms with van der Waals surface area (Å²) in [4.78, 5) is 33.3. The lowest BCUT2D eigenvalue weighted by Crippen LogP contribution is -2.43. The first-order chi connectivity index (χ1) is 15.0. The summed E-state index contributed by atoms with van der Waals surface area (Å²) in [5.41, 5.74) is 5.79. The summed E-state index contributed by atoms with van der Waals surface area (Å²) >= 11 is 0. The molecule has 1 atom stereocenters. The molecule has 1 unspecified atom stereocenters. The SMILES string of the molecule is Cc1ccc(N2CCC(C(=O)N3CCC(c4c[nH]c5ccccc45)CC3)C2=O)cc1C. The van der Waals surface area contributed by atoms with E-state index in [0.29, 0.717) is 18.9 Å². The van der Waals surface area contributed by atoms with Crippen LogP contribution in [-0.4, -0.2) is 41.3 Å². The Hall–Kier alpha value is -3.08. The largest absolute Gasteiger partial charge is 0.361 e. The fourth-order valence-corrected chi connectivity index (χ4v) is 5.12. The van der Waals surface area contributed by atoms with Gasteiger partial charge in [-0.1, -0.05) is 24.3 Å². The molecule has 0 radical (unpaired) electrons. The summed E-state index contributed by atoms with van der Waals surface area (Å²) in [7, 11) is 0. The second-order valence-corrected chi connectivity index (χ2v) is 8.99. The van der Waals surface area contributed by atoms with Crippen molar-refractivity contribution >= 4 is 28.4 Å². The molecule has 2 saturated heterocycles. The van der Waals surface area contributed by atoms with E-state index >= 15 is 0 Å². The second-order valence-electron chi connectivity index (χ2n) is 8.99. The molecule has 3 heterocycles. The predicted octanol–water partition coefficient (Wildman–Crippen LogP) is 4.54. The van der Waals surface area contributed by atoms with Crippen molar-refractivity contribution in [2.24, 2.45) is 5.92 Å². The van der Waals surface area contributed by atoms with Crippen LogP contribution in [0.4, 0.5) is 5.69 Å². The maximum absolute atomic E-state index is 13.2. The van der Waals surface area contributed by atoms with Crippen LogP contribution >= 0.6 is 0 Å². The van der Waals surface area contributed by atoms with E-state index in [4.69, 9.17) is 0 Å². The molecule has 2 aliphatic rings. The lowest BCUT2D eigenvalue weighted by Gasteiger charge is -2.33. The topological polar surface area (TPSA) is 56.4 Å². The van der Waals surface area contributed by atoms with E-state index in [-0.39, 0.29) is 11.8 Å². The van der Waals surface area contributed by atoms with E-state index in [9.17, 15) is 9.59 Å². The molecule has 0 bridgehead atoms. The maximum atomic E-state index is 13.2. The van der Waals surface area contributed by atoms with Gasteiger partial charge in [-0.05, 0) is 73.9 Å². The zero-order valence-electron chi connectivity index (χ0n) is 18.2. The summed E-state index contributed by atoms with van der Waals surface area (Å²) < 4.78 is 0. The molecule has 2 fully saturated rings. The minimum absolute atomic E-state index is 0.00807. The highest BCUT2D eigenvalue weighted by Crippen LogP contribution is 2.34. The van der Waals surface area contributed by atoms with E-state index < -0.39 is 5.92 Å². The van der Waals surface area contributed by atoms with E-state index in [1.54, 1.807) is 4.90 Å². The number of carbonyl (C=O) groups is 2. The van der Waals surface area contributed by atoms with Crippen LogP contribution in [0.2, 0.25) is 0 Å². The average molecular weight is 416 g/mol. The quantitative estimate of drug-likeness (QED) is 0.639. The van der Waals surface area contributed by atoms with E-state index in [1.165, 1.54) is 27.6 Å². The van der Waals surface area contributed by atoms with Crippen molar-refractivity contribution in [1.29, 1.82) is 0 Å². The molecule has 1 N–H and O–H groups in total. The maximum Gasteiger partial charge on any atom is 0.239 e. The first-order valence-corrected chi connectivity index (χ1v) is 11.3. The van der Waals surface area contributed by atoms with Gasteiger partial charge in [-0.15, -0.1) is 0 Å². The number of nitrogens with zero attached hydrogens (tertiary/aromatic N) is 2. The summed E-state index contributed by atoms with van der Waals surface area (Å²) in [5.74, 6) is -0.126. The number of anilines is 1. The monoisotopic (exact) mass is 415 g/mol. The second kappa shape index (κ2) is 7.88. The number of hydrogen-bond donors (Lipinski definition) is 1. The fourth-order valence-electron chi connectivity index (χ4n) is 5.12. The third kappa shape index (κ3) is 3.52. The number of likely N-dealkylation sites (tertiary alicyclic amines) is 1. The van der Waals surface area contributed by atoms with Crippen LogP contribution in [0.5, 0.6) is 0 Å². The normalized spacial score (nSPS) is 20.1. The Morgan fingerprint density at radius 1 is 0.968 bits per heavy atom. The standard InChI is InChI=1S/C26H29N3O2/c1-17-7-8-20(15-18(17)2)29-14-11-22(26(29)31)25(30)28-12-9-19(10-13-28)23-16-27-24-6-4-3-5-21(23)24/h3-8,15-16,19,22,27H,9-14H2,1-2H3. The van der Waals surface area contributed by atoms with Crippen LogP contribution in [0.3, 0.4) is 0 Å². The highest BCUT2D eigenvalue weighted by Gasteiger charge is 2.40. The number of H-pyrrole nitrogens is 1. The lowest BCUT2D eigenvalue weighted by atomic mass is 9.88. The molecular formula is C26H29N3O2. The Balaban J connectivity index is 1.24. The molecule has 0 spiro atoms. The fraction of sp³-hybridized carbons (Fsp3) is 0.385. The van der Waals surface area contributed by atoms with Gasteiger partial charge in [0, 0.05) is 42.4 Å². The van der Waals surface area contributed by atoms with E-state index in [2.05, 4.69) is 43.2 Å². The number of aromatic nitrogens is 1. The number of piperidine rings is 1. The summed E-state index contributed by atoms with van der Waals surface area (Å²) in [5, 5.41) is 1.28. The Labute approximate surface area is 183 Å². The van der Waals surface area contributed by atoms with Gasteiger partial charge in [0.05, 0.1) is 0 Å². The molecule has 0 aliphatic carbocycles. The number of amides is 2. The van der Waals surface area contributed by atoms with Crippen molar-refractivity contribution in [3.63, 3.8) is 0 Å². The van der Waals surface area contributed by atoms with E-state index in [1.807, 2.05) is 29.2 Å². The van der Waals surface area contributed by atoms with Crippen molar-refractivity contribution in [3.8, 4) is 0 Å². The van der Waals surface area contributed by atoms with Crippen molar-refractivity contribution in [3.05, 3.63) is 65.4 Å². The zero-order valence-corrected chi connectivity index (χ0v) is 18.2. The number of nitrogens with one attached hydrogen (secondary N) is 1. The third-order valence-electron chi connectivity index (χ3n) is 7.17. The first-order valence-electron chi connectivity index (χ1n) is 11.3. The Bertz CT molecular complexity index is 1140. The Kier molecular flexibility index (Phi) is 5.05. The predicted molar refractivity (Wildman–Crippen MR) is 123 cm³/mol. The van der Waals surface area contributed by atoms with Crippen molar-refractivity contribution in [2.45, 2.75) is 39.0 Å². The number of hydrogen-bond acceptors (Lipinski definition) is 2. The van der Waals surface area contributed by atoms with Gasteiger partial charge < -0.3 is 14.8 Å². The number of para-hydroxylation sites is 1. The number of carbonyl (C=O) groups excluding carboxylic acids is 2. The Morgan fingerprint density at radius 2 is 1.74 bits per heavy atom. The molecule has 5 nitrogen and oxygen atoms in total. The van der Waals surface area contributed by atoms with Gasteiger partial charge in [-0.3, -0.25) is 9.59 Å². The summed E-state index contributed by atoms with van der Waals surface area (Å²) in [6.07, 6.45) is 4.60. The summed E-state index contributed by atoms with van der Waals surface area (Å²) in [6, 6.07) is 14.5. The van der Waals surface area contributed by atoms with Crippen LogP contribution in [-0.2, 0) is 9.59 Å². The van der Waals surface area contributed by atoms with Gasteiger partial charge in [-0.2, -0.15) is 0 Å². The summed E-state index contributed by atoms with van der Waals surface area (Å²) in [6.45, 7) is 6.17. The number of fused-ring (bicyclic) bond motifs is 1. The van der Waals surface area contributed by atoms with Gasteiger partial charge in [-0.25, -0.2) is 0 Å². The van der Waals surface area contributed by atoms with Crippen LogP contribution < -0.4 is 4.90 Å². The molecule has 2 aliphatic heterocycles. The van der Waals surface area contributed by atoms with Gasteiger partial charge in [0.25, 0.3) is 0 Å². The molecule has 2 aromatic carbocycles. The number of benzene rings is 2. The van der Waals surface area contributed by atoms with Gasteiger partial charge in [0.2, 0.25) is 11.8 Å². The number of aryl methyl sites for hydroxylation is 2. The van der Waals surface area contributed by atoms with Crippen LogP contribution in [0, 0.1) is 19.8 Å². The van der Waals surface area contributed by atoms with Crippen LogP contribution in [0.1, 0.15) is 41.9 Å². The molecule has 160 valence electrons. The molecular weight excluding hydrogens is 386 g/mol. The number of aromatic amines is 1. The average Bonchev–Trinajstić information content (AvgIpc) is 3.39. The highest BCUT2D eigenvalue weighted by atomic mass is 16.2. The van der Waals surface area contributed by atoms with Crippen LogP contribution in [0.15, 0.2) is 48.7 Å². The third-order valence-corrected chi connectivity index (χ3v) is 7.17. The molecule has 5 heteroatoms.